The summed E-state index contributed by atoms with van der Waals surface area (Å²) in [6.45, 7) is 0. The average molecular weight is 568 g/mol. The van der Waals surface area contributed by atoms with Gasteiger partial charge in [0.2, 0.25) is 0 Å². The number of carbonyl (C=O) groups excluding carboxylic acids is 1. The number of aromatic amines is 2. The van der Waals surface area contributed by atoms with E-state index in [2.05, 4.69) is 20.3 Å². The van der Waals surface area contributed by atoms with Gasteiger partial charge in [-0.05, 0) is 29.8 Å². The Balaban J connectivity index is 0.000000493. The van der Waals surface area contributed by atoms with Crippen molar-refractivity contribution in [1.82, 2.24) is 15.0 Å². The van der Waals surface area contributed by atoms with E-state index in [0.717, 1.165) is 11.6 Å². The Labute approximate surface area is 228 Å². The predicted molar refractivity (Wildman–Crippen MR) is 141 cm³/mol. The first kappa shape index (κ1) is 28.5. The minimum atomic E-state index is -5.08. The fraction of sp³-hybridized carbons (Fsp3) is 0.0714. The second-order valence-electron chi connectivity index (χ2n) is 8.44. The summed E-state index contributed by atoms with van der Waals surface area (Å²) in [4.78, 5) is 44.5. The molecule has 0 aliphatic carbocycles. The maximum absolute atomic E-state index is 14.7. The minimum Gasteiger partial charge on any atom is -0.475 e. The van der Waals surface area contributed by atoms with Crippen LogP contribution in [0.25, 0.3) is 11.0 Å². The number of halogens is 4. The van der Waals surface area contributed by atoms with Gasteiger partial charge in [0.15, 0.2) is 17.0 Å². The maximum atomic E-state index is 14.7. The van der Waals surface area contributed by atoms with Gasteiger partial charge in [-0.3, -0.25) is 9.59 Å². The molecule has 5 aromatic rings. The van der Waals surface area contributed by atoms with Gasteiger partial charge in [-0.2, -0.15) is 13.2 Å². The normalized spacial score (nSPS) is 10.9. The van der Waals surface area contributed by atoms with Crippen LogP contribution in [0.1, 0.15) is 21.5 Å². The standard InChI is InChI=1S/C26H19FN4O3.C2HF3O2/c27-21-13-18(6-7-23(21)34-22-9-11-30-25-19(22)8-10-29-25)31-26(33)20-15-28-14-17(24(20)32)12-16-4-2-1-3-5-16;3-2(4,5)1(6)7/h1-11,13-15H,12H2,(H,28,32)(H,29,30)(H,31,33);(H,6,7). The lowest BCUT2D eigenvalue weighted by Gasteiger charge is -2.10. The second-order valence-corrected chi connectivity index (χ2v) is 8.44. The van der Waals surface area contributed by atoms with Gasteiger partial charge in [-0.25, -0.2) is 14.2 Å². The molecule has 3 heterocycles. The minimum absolute atomic E-state index is 0.00518. The van der Waals surface area contributed by atoms with E-state index in [1.54, 1.807) is 30.7 Å². The highest BCUT2D eigenvalue weighted by atomic mass is 19.4. The van der Waals surface area contributed by atoms with Crippen molar-refractivity contribution in [3.05, 3.63) is 118 Å². The van der Waals surface area contributed by atoms with E-state index >= 15 is 0 Å². The number of H-pyrrole nitrogens is 2. The highest BCUT2D eigenvalue weighted by Gasteiger charge is 2.38. The first-order valence-corrected chi connectivity index (χ1v) is 11.8. The topological polar surface area (TPSA) is 137 Å². The zero-order chi connectivity index (χ0) is 29.6. The number of benzene rings is 2. The number of aromatic nitrogens is 3. The van der Waals surface area contributed by atoms with Crippen LogP contribution in [-0.2, 0) is 11.2 Å². The maximum Gasteiger partial charge on any atom is 0.490 e. The lowest BCUT2D eigenvalue weighted by atomic mass is 10.0. The van der Waals surface area contributed by atoms with Crippen molar-refractivity contribution in [3.63, 3.8) is 0 Å². The first-order valence-electron chi connectivity index (χ1n) is 11.8. The summed E-state index contributed by atoms with van der Waals surface area (Å²) in [6, 6.07) is 17.0. The van der Waals surface area contributed by atoms with Crippen LogP contribution < -0.4 is 15.5 Å². The number of nitrogens with zero attached hydrogens (tertiary/aromatic N) is 1. The quantitative estimate of drug-likeness (QED) is 0.195. The number of ether oxygens (including phenoxy) is 1. The Bertz CT molecular complexity index is 1750. The predicted octanol–water partition coefficient (Wildman–Crippen LogP) is 5.66. The molecule has 0 saturated heterocycles. The third-order valence-electron chi connectivity index (χ3n) is 5.58. The van der Waals surface area contributed by atoms with Crippen molar-refractivity contribution >= 4 is 28.6 Å². The zero-order valence-corrected chi connectivity index (χ0v) is 20.8. The Hall–Kier alpha value is -5.46. The van der Waals surface area contributed by atoms with E-state index in [4.69, 9.17) is 14.6 Å². The van der Waals surface area contributed by atoms with Gasteiger partial charge in [0.25, 0.3) is 5.91 Å². The van der Waals surface area contributed by atoms with Crippen molar-refractivity contribution in [2.45, 2.75) is 12.6 Å². The van der Waals surface area contributed by atoms with Gasteiger partial charge in [-0.15, -0.1) is 0 Å². The molecular formula is C28H20F4N4O5. The molecule has 41 heavy (non-hydrogen) atoms. The molecule has 1 amide bonds. The molecular weight excluding hydrogens is 548 g/mol. The fourth-order valence-electron chi connectivity index (χ4n) is 3.65. The number of fused-ring (bicyclic) bond motifs is 1. The molecule has 5 rings (SSSR count). The number of aliphatic carboxylic acids is 1. The van der Waals surface area contributed by atoms with Crippen LogP contribution in [0, 0.1) is 5.82 Å². The molecule has 0 aliphatic rings. The molecule has 2 aromatic carbocycles. The molecule has 210 valence electrons. The SMILES string of the molecule is O=C(Nc1ccc(Oc2ccnc3[nH]ccc23)c(F)c1)c1c[nH]cc(Cc2ccccc2)c1=O.O=C(O)C(F)(F)F. The lowest BCUT2D eigenvalue weighted by molar-refractivity contribution is -0.192. The highest BCUT2D eigenvalue weighted by Crippen LogP contribution is 2.31. The largest absolute Gasteiger partial charge is 0.490 e. The average Bonchev–Trinajstić information content (AvgIpc) is 3.42. The number of carboxylic acids is 1. The zero-order valence-electron chi connectivity index (χ0n) is 20.8. The number of anilines is 1. The number of nitrogens with one attached hydrogen (secondary N) is 3. The summed E-state index contributed by atoms with van der Waals surface area (Å²) in [7, 11) is 0. The monoisotopic (exact) mass is 568 g/mol. The number of hydrogen-bond acceptors (Lipinski definition) is 5. The second kappa shape index (κ2) is 12.2. The molecule has 0 radical (unpaired) electrons. The summed E-state index contributed by atoms with van der Waals surface area (Å²) in [6.07, 6.45) is 1.51. The summed E-state index contributed by atoms with van der Waals surface area (Å²) >= 11 is 0. The molecule has 9 nitrogen and oxygen atoms in total. The van der Waals surface area contributed by atoms with Crippen LogP contribution in [0.5, 0.6) is 11.5 Å². The van der Waals surface area contributed by atoms with Crippen molar-refractivity contribution < 1.29 is 37.0 Å². The van der Waals surface area contributed by atoms with E-state index in [0.29, 0.717) is 28.8 Å². The molecule has 13 heteroatoms. The summed E-state index contributed by atoms with van der Waals surface area (Å²) in [5.41, 5.74) is 1.80. The van der Waals surface area contributed by atoms with Gasteiger partial charge in [0, 0.05) is 48.5 Å². The van der Waals surface area contributed by atoms with E-state index in [9.17, 15) is 27.2 Å². The molecule has 0 spiro atoms. The summed E-state index contributed by atoms with van der Waals surface area (Å²) in [5, 5.41) is 10.4. The number of pyridine rings is 2. The van der Waals surface area contributed by atoms with E-state index in [1.807, 2.05) is 30.3 Å². The number of carbonyl (C=O) groups is 2. The fourth-order valence-corrected chi connectivity index (χ4v) is 3.65. The van der Waals surface area contributed by atoms with Crippen molar-refractivity contribution in [2.75, 3.05) is 5.32 Å². The summed E-state index contributed by atoms with van der Waals surface area (Å²) in [5.74, 6) is -3.61. The van der Waals surface area contributed by atoms with Gasteiger partial charge < -0.3 is 25.1 Å². The Morgan fingerprint density at radius 2 is 1.73 bits per heavy atom. The number of rotatable bonds is 6. The van der Waals surface area contributed by atoms with Gasteiger partial charge >= 0.3 is 12.1 Å². The Morgan fingerprint density at radius 1 is 1.00 bits per heavy atom. The molecule has 0 aliphatic heterocycles. The number of amides is 1. The van der Waals surface area contributed by atoms with Crippen LogP contribution in [-0.4, -0.2) is 38.1 Å². The van der Waals surface area contributed by atoms with Gasteiger partial charge in [0.1, 0.15) is 17.0 Å². The van der Waals surface area contributed by atoms with Crippen molar-refractivity contribution in [2.24, 2.45) is 0 Å². The van der Waals surface area contributed by atoms with E-state index < -0.39 is 23.9 Å². The molecule has 3 aromatic heterocycles. The number of hydrogen-bond donors (Lipinski definition) is 4. The molecule has 0 saturated carbocycles. The summed E-state index contributed by atoms with van der Waals surface area (Å²) < 4.78 is 52.2. The molecule has 0 bridgehead atoms. The first-order chi connectivity index (χ1) is 19.5. The van der Waals surface area contributed by atoms with E-state index in [1.165, 1.54) is 18.3 Å². The highest BCUT2D eigenvalue weighted by molar-refractivity contribution is 6.04. The molecule has 0 atom stereocenters. The number of carboxylic acid groups (broad SMARTS) is 1. The Kier molecular flexibility index (Phi) is 8.46. The Morgan fingerprint density at radius 3 is 2.41 bits per heavy atom. The van der Waals surface area contributed by atoms with E-state index in [-0.39, 0.29) is 22.4 Å². The van der Waals surface area contributed by atoms with Crippen LogP contribution >= 0.6 is 0 Å². The van der Waals surface area contributed by atoms with Crippen LogP contribution in [0.4, 0.5) is 23.2 Å². The lowest BCUT2D eigenvalue weighted by Crippen LogP contribution is -2.24. The van der Waals surface area contributed by atoms with Gasteiger partial charge in [0.05, 0.1) is 5.39 Å². The third-order valence-corrected chi connectivity index (χ3v) is 5.58. The van der Waals surface area contributed by atoms with Crippen molar-refractivity contribution in [3.8, 4) is 11.5 Å². The molecule has 0 fully saturated rings. The smallest absolute Gasteiger partial charge is 0.475 e. The van der Waals surface area contributed by atoms with Crippen LogP contribution in [0.3, 0.4) is 0 Å². The van der Waals surface area contributed by atoms with Gasteiger partial charge in [-0.1, -0.05) is 30.3 Å². The van der Waals surface area contributed by atoms with Crippen molar-refractivity contribution in [1.29, 1.82) is 0 Å². The third kappa shape index (κ3) is 7.15. The van der Waals surface area contributed by atoms with Crippen LogP contribution in [0.2, 0.25) is 0 Å². The molecule has 0 unspecified atom stereocenters. The van der Waals surface area contributed by atoms with Crippen LogP contribution in [0.15, 0.2) is 90.2 Å². The molecule has 4 N–H and O–H groups in total. The number of alkyl halides is 3.